The summed E-state index contributed by atoms with van der Waals surface area (Å²) in [6.07, 6.45) is 4.99. The van der Waals surface area contributed by atoms with Crippen molar-refractivity contribution in [3.05, 3.63) is 48.2 Å². The Hall–Kier alpha value is -2.36. The normalized spacial score (nSPS) is 14.8. The van der Waals surface area contributed by atoms with Crippen molar-refractivity contribution in [2.45, 2.75) is 6.42 Å². The molecule has 96 valence electrons. The van der Waals surface area contributed by atoms with Crippen molar-refractivity contribution in [3.63, 3.8) is 0 Å². The minimum absolute atomic E-state index is 0.0539. The molecule has 2 aromatic rings. The minimum Gasteiger partial charge on any atom is -0.398 e. The number of hydrogen-bond donors (Lipinski definition) is 1. The molecular weight excluding hydrogens is 238 g/mol. The zero-order chi connectivity index (χ0) is 13.2. The predicted molar refractivity (Wildman–Crippen MR) is 75.8 cm³/mol. The lowest BCUT2D eigenvalue weighted by Gasteiger charge is -2.23. The number of pyridine rings is 1. The highest BCUT2D eigenvalue weighted by molar-refractivity contribution is 5.99. The molecule has 1 aliphatic rings. The molecule has 19 heavy (non-hydrogen) atoms. The second-order valence-electron chi connectivity index (χ2n) is 4.63. The summed E-state index contributed by atoms with van der Waals surface area (Å²) in [7, 11) is 0. The first kappa shape index (κ1) is 11.7. The summed E-state index contributed by atoms with van der Waals surface area (Å²) in [5.74, 6) is -0.0539. The van der Waals surface area contributed by atoms with Crippen LogP contribution in [0.1, 0.15) is 16.9 Å². The molecule has 0 atom stereocenters. The molecule has 1 aromatic heterocycles. The van der Waals surface area contributed by atoms with Gasteiger partial charge in [0, 0.05) is 24.2 Å². The molecule has 1 amide bonds. The van der Waals surface area contributed by atoms with E-state index in [0.717, 1.165) is 23.9 Å². The molecule has 3 rings (SSSR count). The number of rotatable bonds is 1. The Morgan fingerprint density at radius 1 is 1.26 bits per heavy atom. The number of fused-ring (bicyclic) bond motifs is 1. The number of amides is 1. The molecule has 0 aliphatic carbocycles. The van der Waals surface area contributed by atoms with Crippen molar-refractivity contribution >= 4 is 22.5 Å². The van der Waals surface area contributed by atoms with Crippen LogP contribution in [0.5, 0.6) is 0 Å². The van der Waals surface area contributed by atoms with E-state index in [1.54, 1.807) is 11.0 Å². The SMILES string of the molecule is Nc1cc(C(=O)N2CC=CCC2)nc2ccccc12. The maximum absolute atomic E-state index is 12.4. The van der Waals surface area contributed by atoms with E-state index < -0.39 is 0 Å². The number of nitrogen functional groups attached to an aromatic ring is 1. The van der Waals surface area contributed by atoms with Crippen LogP contribution in [0.25, 0.3) is 10.9 Å². The summed E-state index contributed by atoms with van der Waals surface area (Å²) in [4.78, 5) is 18.6. The molecule has 2 heterocycles. The first-order valence-corrected chi connectivity index (χ1v) is 6.35. The average Bonchev–Trinajstić information content (AvgIpc) is 2.47. The highest BCUT2D eigenvalue weighted by Gasteiger charge is 2.18. The van der Waals surface area contributed by atoms with E-state index in [1.165, 1.54) is 0 Å². The number of benzene rings is 1. The van der Waals surface area contributed by atoms with Gasteiger partial charge in [0.25, 0.3) is 5.91 Å². The van der Waals surface area contributed by atoms with E-state index in [0.29, 0.717) is 17.9 Å². The van der Waals surface area contributed by atoms with Gasteiger partial charge in [-0.25, -0.2) is 4.98 Å². The smallest absolute Gasteiger partial charge is 0.272 e. The van der Waals surface area contributed by atoms with Crippen LogP contribution in [-0.2, 0) is 0 Å². The molecular formula is C15H15N3O. The summed E-state index contributed by atoms with van der Waals surface area (Å²) < 4.78 is 0. The van der Waals surface area contributed by atoms with Gasteiger partial charge in [-0.15, -0.1) is 0 Å². The van der Waals surface area contributed by atoms with Crippen LogP contribution < -0.4 is 5.73 Å². The number of hydrogen-bond acceptors (Lipinski definition) is 3. The van der Waals surface area contributed by atoms with Gasteiger partial charge in [-0.2, -0.15) is 0 Å². The Bertz CT molecular complexity index is 663. The highest BCUT2D eigenvalue weighted by atomic mass is 16.2. The number of para-hydroxylation sites is 1. The molecule has 0 saturated heterocycles. The average molecular weight is 253 g/mol. The van der Waals surface area contributed by atoms with Gasteiger partial charge in [0.15, 0.2) is 0 Å². The third-order valence-corrected chi connectivity index (χ3v) is 3.31. The Kier molecular flexibility index (Phi) is 2.91. The van der Waals surface area contributed by atoms with E-state index in [9.17, 15) is 4.79 Å². The van der Waals surface area contributed by atoms with Crippen LogP contribution in [0.4, 0.5) is 5.69 Å². The fourth-order valence-corrected chi connectivity index (χ4v) is 2.30. The number of nitrogens with zero attached hydrogens (tertiary/aromatic N) is 2. The molecule has 0 radical (unpaired) electrons. The zero-order valence-electron chi connectivity index (χ0n) is 10.5. The van der Waals surface area contributed by atoms with Crippen LogP contribution in [0.2, 0.25) is 0 Å². The molecule has 0 fully saturated rings. The fraction of sp³-hybridized carbons (Fsp3) is 0.200. The van der Waals surface area contributed by atoms with E-state index in [1.807, 2.05) is 30.3 Å². The van der Waals surface area contributed by atoms with Crippen molar-refractivity contribution < 1.29 is 4.79 Å². The maximum Gasteiger partial charge on any atom is 0.272 e. The first-order chi connectivity index (χ1) is 9.25. The van der Waals surface area contributed by atoms with Gasteiger partial charge in [-0.1, -0.05) is 30.4 Å². The number of aromatic nitrogens is 1. The lowest BCUT2D eigenvalue weighted by atomic mass is 10.1. The van der Waals surface area contributed by atoms with Gasteiger partial charge in [0.1, 0.15) is 5.69 Å². The van der Waals surface area contributed by atoms with Gasteiger partial charge in [-0.05, 0) is 18.6 Å². The van der Waals surface area contributed by atoms with Crippen molar-refractivity contribution in [2.75, 3.05) is 18.8 Å². The summed E-state index contributed by atoms with van der Waals surface area (Å²) in [5, 5.41) is 0.887. The van der Waals surface area contributed by atoms with E-state index >= 15 is 0 Å². The Morgan fingerprint density at radius 2 is 2.11 bits per heavy atom. The third kappa shape index (κ3) is 2.17. The van der Waals surface area contributed by atoms with Crippen molar-refractivity contribution in [1.82, 2.24) is 9.88 Å². The Labute approximate surface area is 111 Å². The monoisotopic (exact) mass is 253 g/mol. The fourth-order valence-electron chi connectivity index (χ4n) is 2.30. The lowest BCUT2D eigenvalue weighted by molar-refractivity contribution is 0.0765. The van der Waals surface area contributed by atoms with Gasteiger partial charge >= 0.3 is 0 Å². The number of anilines is 1. The van der Waals surface area contributed by atoms with Crippen LogP contribution in [0, 0.1) is 0 Å². The molecule has 0 spiro atoms. The Balaban J connectivity index is 2.00. The summed E-state index contributed by atoms with van der Waals surface area (Å²) in [5.41, 5.74) is 7.78. The predicted octanol–water partition coefficient (Wildman–Crippen LogP) is 2.22. The van der Waals surface area contributed by atoms with Gasteiger partial charge in [0.2, 0.25) is 0 Å². The first-order valence-electron chi connectivity index (χ1n) is 6.35. The molecule has 1 aromatic carbocycles. The number of carbonyl (C=O) groups is 1. The van der Waals surface area contributed by atoms with Crippen LogP contribution >= 0.6 is 0 Å². The second kappa shape index (κ2) is 4.72. The Morgan fingerprint density at radius 3 is 2.89 bits per heavy atom. The molecule has 1 aliphatic heterocycles. The molecule has 0 bridgehead atoms. The molecule has 4 heteroatoms. The summed E-state index contributed by atoms with van der Waals surface area (Å²) in [6.45, 7) is 1.39. The van der Waals surface area contributed by atoms with Gasteiger partial charge < -0.3 is 10.6 Å². The highest BCUT2D eigenvalue weighted by Crippen LogP contribution is 2.21. The van der Waals surface area contributed by atoms with E-state index in [2.05, 4.69) is 11.1 Å². The van der Waals surface area contributed by atoms with E-state index in [4.69, 9.17) is 5.73 Å². The van der Waals surface area contributed by atoms with Crippen molar-refractivity contribution in [1.29, 1.82) is 0 Å². The maximum atomic E-state index is 12.4. The largest absolute Gasteiger partial charge is 0.398 e. The molecule has 2 N–H and O–H groups in total. The van der Waals surface area contributed by atoms with Crippen molar-refractivity contribution in [2.24, 2.45) is 0 Å². The summed E-state index contributed by atoms with van der Waals surface area (Å²) >= 11 is 0. The number of carbonyl (C=O) groups excluding carboxylic acids is 1. The quantitative estimate of drug-likeness (QED) is 0.793. The van der Waals surface area contributed by atoms with Gasteiger partial charge in [0.05, 0.1) is 5.52 Å². The van der Waals surface area contributed by atoms with Crippen molar-refractivity contribution in [3.8, 4) is 0 Å². The minimum atomic E-state index is -0.0539. The topological polar surface area (TPSA) is 59.2 Å². The molecule has 4 nitrogen and oxygen atoms in total. The third-order valence-electron chi connectivity index (χ3n) is 3.31. The zero-order valence-corrected chi connectivity index (χ0v) is 10.5. The standard InChI is InChI=1S/C15H15N3O/c16-12-10-14(15(19)18-8-4-1-5-9-18)17-13-7-3-2-6-11(12)13/h1-4,6-7,10H,5,8-9H2,(H2,16,17). The summed E-state index contributed by atoms with van der Waals surface area (Å²) in [6, 6.07) is 9.26. The lowest BCUT2D eigenvalue weighted by Crippen LogP contribution is -2.34. The number of nitrogens with two attached hydrogens (primary N) is 1. The molecule has 0 unspecified atom stereocenters. The molecule has 0 saturated carbocycles. The van der Waals surface area contributed by atoms with Crippen LogP contribution in [0.3, 0.4) is 0 Å². The van der Waals surface area contributed by atoms with Gasteiger partial charge in [-0.3, -0.25) is 4.79 Å². The van der Waals surface area contributed by atoms with Crippen LogP contribution in [0.15, 0.2) is 42.5 Å². The van der Waals surface area contributed by atoms with Crippen LogP contribution in [-0.4, -0.2) is 28.9 Å². The second-order valence-corrected chi connectivity index (χ2v) is 4.63. The van der Waals surface area contributed by atoms with E-state index in [-0.39, 0.29) is 5.91 Å².